The molecular weight excluding hydrogens is 873 g/mol. The Morgan fingerprint density at radius 1 is 0.453 bits per heavy atom. The van der Waals surface area contributed by atoms with Crippen LogP contribution in [0.3, 0.4) is 0 Å². The van der Waals surface area contributed by atoms with Crippen LogP contribution >= 0.6 is 0 Å². The van der Waals surface area contributed by atoms with Crippen LogP contribution in [0.2, 0.25) is 0 Å². The lowest BCUT2D eigenvalue weighted by Crippen LogP contribution is -1.98. The third-order valence-corrected chi connectivity index (χ3v) is 14.2. The third kappa shape index (κ3) is 8.58. The van der Waals surface area contributed by atoms with Gasteiger partial charge in [-0.05, 0) is 79.2 Å². The van der Waals surface area contributed by atoms with Gasteiger partial charge in [-0.2, -0.15) is 25.3 Å². The highest BCUT2D eigenvalue weighted by Crippen LogP contribution is 2.42. The smallest absolute Gasteiger partial charge is 0.294 e. The van der Waals surface area contributed by atoms with Gasteiger partial charge in [0.2, 0.25) is 0 Å². The van der Waals surface area contributed by atoms with Crippen LogP contribution in [0.15, 0.2) is 112 Å². The van der Waals surface area contributed by atoms with E-state index in [2.05, 4.69) is 28.7 Å². The highest BCUT2D eigenvalue weighted by Gasteiger charge is 2.24. The van der Waals surface area contributed by atoms with Crippen LogP contribution in [-0.4, -0.2) is 58.8 Å². The van der Waals surface area contributed by atoms with Gasteiger partial charge in [0.1, 0.15) is 0 Å². The summed E-state index contributed by atoms with van der Waals surface area (Å²) in [5.41, 5.74) is 6.28. The number of hydrogen-bond donors (Lipinski definition) is 5. The molecule has 64 heavy (non-hydrogen) atoms. The zero-order chi connectivity index (χ0) is 45.0. The van der Waals surface area contributed by atoms with Gasteiger partial charge in [0.15, 0.2) is 0 Å². The Kier molecular flexibility index (Phi) is 11.3. The molecule has 8 bridgehead atoms. The first-order valence-electron chi connectivity index (χ1n) is 20.9. The first-order chi connectivity index (χ1) is 30.5. The van der Waals surface area contributed by atoms with Crippen molar-refractivity contribution in [3.63, 3.8) is 0 Å². The van der Waals surface area contributed by atoms with Crippen molar-refractivity contribution < 1.29 is 38.9 Å². The monoisotopic (exact) mass is 914 g/mol. The van der Waals surface area contributed by atoms with Gasteiger partial charge in [0.05, 0.1) is 37.5 Å². The van der Waals surface area contributed by atoms with E-state index in [1.165, 1.54) is 87.1 Å². The molecule has 0 unspecified atom stereocenters. The van der Waals surface area contributed by atoms with Gasteiger partial charge in [-0.1, -0.05) is 88.0 Å². The molecule has 0 fully saturated rings. The summed E-state index contributed by atoms with van der Waals surface area (Å²) < 4.78 is 104. The van der Waals surface area contributed by atoms with Crippen molar-refractivity contribution in [2.24, 2.45) is 0 Å². The molecule has 13 nitrogen and oxygen atoms in total. The summed E-state index contributed by atoms with van der Waals surface area (Å²) in [6.07, 6.45) is 10.4. The Morgan fingerprint density at radius 2 is 0.859 bits per heavy atom. The van der Waals surface area contributed by atoms with Gasteiger partial charge in [-0.3, -0.25) is 13.7 Å². The number of fused-ring (bicyclic) bond motifs is 20. The summed E-state index contributed by atoms with van der Waals surface area (Å²) in [5.74, 6) is 6.66. The lowest BCUT2D eigenvalue weighted by Gasteiger charge is -2.03. The zero-order valence-electron chi connectivity index (χ0n) is 34.5. The topological polar surface area (TPSA) is 220 Å². The number of benzene rings is 4. The molecule has 0 spiro atoms. The van der Waals surface area contributed by atoms with Gasteiger partial charge in [-0.25, -0.2) is 9.97 Å². The van der Waals surface area contributed by atoms with E-state index < -0.39 is 30.4 Å². The minimum atomic E-state index is -4.63. The molecule has 326 valence electrons. The second kappa shape index (κ2) is 16.7. The first kappa shape index (κ1) is 43.1. The fourth-order valence-electron chi connectivity index (χ4n) is 8.47. The quantitative estimate of drug-likeness (QED) is 0.0466. The Morgan fingerprint density at radius 3 is 1.36 bits per heavy atom. The highest BCUT2D eigenvalue weighted by atomic mass is 32.2. The molecular formula is C48H42N4O9S3. The Balaban J connectivity index is 1.30. The maximum Gasteiger partial charge on any atom is 0.294 e. The van der Waals surface area contributed by atoms with E-state index in [0.29, 0.717) is 77.9 Å². The Labute approximate surface area is 369 Å². The molecule has 0 saturated carbocycles. The summed E-state index contributed by atoms with van der Waals surface area (Å²) in [7, 11) is -13.8. The SMILES string of the molecule is CCCCCCCCCCC#Cc1ccc2c3cc4nc(cc5[nH]c(cc6nc(cc([nH]3)c2c1)-c1ccc(S(=O)(=O)O)cc1-6)c1ccc(S(=O)(=O)O)cc51)-c1ccc(S(=O)(=O)O)cc1-4. The fourth-order valence-corrected chi connectivity index (χ4v) is 9.99. The second-order valence-corrected chi connectivity index (χ2v) is 20.3. The molecule has 0 aliphatic carbocycles. The molecule has 4 aromatic carbocycles. The van der Waals surface area contributed by atoms with Gasteiger partial charge >= 0.3 is 0 Å². The van der Waals surface area contributed by atoms with Crippen molar-refractivity contribution in [3.8, 4) is 56.9 Å². The molecule has 7 aromatic rings. The maximum atomic E-state index is 12.4. The molecule has 0 atom stereocenters. The van der Waals surface area contributed by atoms with E-state index in [0.717, 1.165) is 35.6 Å². The van der Waals surface area contributed by atoms with E-state index >= 15 is 0 Å². The number of aromatic amines is 2. The van der Waals surface area contributed by atoms with Crippen LogP contribution in [0.4, 0.5) is 0 Å². The summed E-state index contributed by atoms with van der Waals surface area (Å²) in [4.78, 5) is 15.8. The minimum absolute atomic E-state index is 0.332. The summed E-state index contributed by atoms with van der Waals surface area (Å²) in [5, 5.41) is 2.47. The average Bonchev–Trinajstić information content (AvgIpc) is 3.98. The molecule has 16 heteroatoms. The van der Waals surface area contributed by atoms with E-state index in [4.69, 9.17) is 9.97 Å². The fraction of sp³-hybridized carbons (Fsp3) is 0.208. The molecule has 9 rings (SSSR count). The van der Waals surface area contributed by atoms with E-state index in [9.17, 15) is 38.9 Å². The predicted octanol–water partition coefficient (Wildman–Crippen LogP) is 10.9. The van der Waals surface area contributed by atoms with Gasteiger partial charge in [0.25, 0.3) is 30.4 Å². The van der Waals surface area contributed by atoms with Crippen LogP contribution in [0.5, 0.6) is 0 Å². The number of rotatable bonds is 11. The molecule has 2 aliphatic rings. The summed E-state index contributed by atoms with van der Waals surface area (Å²) >= 11 is 0. The molecule has 0 amide bonds. The van der Waals surface area contributed by atoms with Crippen LogP contribution in [0, 0.1) is 11.8 Å². The minimum Gasteiger partial charge on any atom is -0.354 e. The van der Waals surface area contributed by atoms with E-state index in [1.54, 1.807) is 24.3 Å². The van der Waals surface area contributed by atoms with Crippen LogP contribution in [0.25, 0.3) is 88.6 Å². The molecule has 0 radical (unpaired) electrons. The lowest BCUT2D eigenvalue weighted by molar-refractivity contribution is 0.481. The standard InChI is InChI=1S/C48H42N4O9S3/c1-2-3-4-5-6-7-8-9-10-11-12-29-13-17-33-37(21-29)45-25-42-34-18-14-30(62(53,54)55)22-38(34)47(50-42)27-44-36-20-16-32(64(59,60)61)24-40(36)48(52-44)28-43-35-19-15-31(63(56,57)58)23-39(35)46(51-43)26-41(33)49-45/h13-28,49,52H,2-10H2,1H3,(H,53,54,55)(H,56,57,58)(H,59,60,61). The van der Waals surface area contributed by atoms with Gasteiger partial charge in [0, 0.05) is 77.8 Å². The van der Waals surface area contributed by atoms with E-state index in [-0.39, 0.29) is 14.7 Å². The van der Waals surface area contributed by atoms with Crippen molar-refractivity contribution in [2.75, 3.05) is 0 Å². The summed E-state index contributed by atoms with van der Waals surface area (Å²) in [6, 6.07) is 25.2. The van der Waals surface area contributed by atoms with E-state index in [1.807, 2.05) is 24.3 Å². The zero-order valence-corrected chi connectivity index (χ0v) is 37.0. The van der Waals surface area contributed by atoms with Crippen molar-refractivity contribution in [1.82, 2.24) is 19.9 Å². The largest absolute Gasteiger partial charge is 0.354 e. The van der Waals surface area contributed by atoms with Crippen LogP contribution in [-0.2, 0) is 30.4 Å². The van der Waals surface area contributed by atoms with Crippen molar-refractivity contribution in [1.29, 1.82) is 0 Å². The molecule has 0 saturated heterocycles. The first-order valence-corrected chi connectivity index (χ1v) is 25.2. The van der Waals surface area contributed by atoms with Crippen molar-refractivity contribution >= 4 is 74.0 Å². The average molecular weight is 915 g/mol. The number of nitrogens with zero attached hydrogens (tertiary/aromatic N) is 2. The van der Waals surface area contributed by atoms with Crippen molar-refractivity contribution in [2.45, 2.75) is 79.4 Å². The Hall–Kier alpha value is -6.19. The molecule has 3 aromatic heterocycles. The van der Waals surface area contributed by atoms with Gasteiger partial charge < -0.3 is 9.97 Å². The van der Waals surface area contributed by atoms with Crippen LogP contribution < -0.4 is 0 Å². The number of aromatic nitrogens is 4. The van der Waals surface area contributed by atoms with Crippen molar-refractivity contribution in [3.05, 3.63) is 103 Å². The normalized spacial score (nSPS) is 12.6. The third-order valence-electron chi connectivity index (χ3n) is 11.7. The molecule has 5 heterocycles. The number of hydrogen-bond acceptors (Lipinski definition) is 8. The number of nitrogens with one attached hydrogen (secondary N) is 2. The lowest BCUT2D eigenvalue weighted by atomic mass is 10.0. The number of unbranched alkanes of at least 4 members (excludes halogenated alkanes) is 8. The maximum absolute atomic E-state index is 12.4. The number of H-pyrrole nitrogens is 2. The van der Waals surface area contributed by atoms with Gasteiger partial charge in [-0.15, -0.1) is 0 Å². The molecule has 5 N–H and O–H groups in total. The molecule has 2 aliphatic heterocycles. The van der Waals surface area contributed by atoms with Crippen LogP contribution in [0.1, 0.15) is 70.3 Å². The second-order valence-electron chi connectivity index (χ2n) is 16.1. The predicted molar refractivity (Wildman–Crippen MR) is 248 cm³/mol. The summed E-state index contributed by atoms with van der Waals surface area (Å²) in [6.45, 7) is 2.22. The highest BCUT2D eigenvalue weighted by molar-refractivity contribution is 7.86. The Bertz CT molecular complexity index is 3620.